The van der Waals surface area contributed by atoms with Gasteiger partial charge in [-0.2, -0.15) is 0 Å². The average molecular weight is 235 g/mol. The Morgan fingerprint density at radius 1 is 0.722 bits per heavy atom. The van der Waals surface area contributed by atoms with E-state index in [-0.39, 0.29) is 0 Å². The van der Waals surface area contributed by atoms with Crippen LogP contribution in [0.25, 0.3) is 21.9 Å². The van der Waals surface area contributed by atoms with Gasteiger partial charge in [-0.1, -0.05) is 18.2 Å². The Hall–Kier alpha value is -2.55. The minimum atomic E-state index is 1.03. The van der Waals surface area contributed by atoms with Crippen LogP contribution in [0.1, 0.15) is 0 Å². The molecule has 0 aliphatic heterocycles. The summed E-state index contributed by atoms with van der Waals surface area (Å²) in [5.41, 5.74) is 3.33. The molecule has 0 saturated carbocycles. The van der Waals surface area contributed by atoms with Crippen LogP contribution in [0.2, 0.25) is 0 Å². The van der Waals surface area contributed by atoms with E-state index in [9.17, 15) is 0 Å². The largest absolute Gasteiger partial charge is 0.361 e. The van der Waals surface area contributed by atoms with Gasteiger partial charge in [-0.3, -0.25) is 4.98 Å². The fraction of sp³-hybridized carbons (Fsp3) is 0. The zero-order valence-electron chi connectivity index (χ0n) is 9.80. The number of aromatic nitrogens is 3. The summed E-state index contributed by atoms with van der Waals surface area (Å²) in [5, 5.41) is 1.28. The molecule has 0 aliphatic rings. The smallest absolute Gasteiger partial charge is 0.0878 e. The molecule has 0 fully saturated rings. The topological polar surface area (TPSA) is 44.5 Å². The maximum absolute atomic E-state index is 4.11. The van der Waals surface area contributed by atoms with Crippen molar-refractivity contribution < 1.29 is 0 Å². The van der Waals surface area contributed by atoms with Crippen LogP contribution in [0, 0.1) is 0 Å². The van der Waals surface area contributed by atoms with Crippen LogP contribution < -0.4 is 0 Å². The van der Waals surface area contributed by atoms with Gasteiger partial charge in [0.2, 0.25) is 0 Å². The van der Waals surface area contributed by atoms with Gasteiger partial charge in [-0.25, -0.2) is 0 Å². The number of nitrogens with zero attached hydrogens (tertiary/aromatic N) is 1. The molecular formula is C15H13N3. The summed E-state index contributed by atoms with van der Waals surface area (Å²) in [6.45, 7) is 0. The summed E-state index contributed by atoms with van der Waals surface area (Å²) in [6, 6.07) is 16.2. The van der Waals surface area contributed by atoms with Crippen molar-refractivity contribution in [2.45, 2.75) is 0 Å². The molecule has 3 heterocycles. The van der Waals surface area contributed by atoms with E-state index >= 15 is 0 Å². The van der Waals surface area contributed by atoms with E-state index in [4.69, 9.17) is 0 Å². The third-order valence-electron chi connectivity index (χ3n) is 2.78. The Labute approximate surface area is 104 Å². The van der Waals surface area contributed by atoms with E-state index in [2.05, 4.69) is 33.2 Å². The Morgan fingerprint density at radius 2 is 1.50 bits per heavy atom. The van der Waals surface area contributed by atoms with Gasteiger partial charge in [-0.15, -0.1) is 0 Å². The Balaban J connectivity index is 0.000000111. The number of H-pyrrole nitrogens is 2. The lowest BCUT2D eigenvalue weighted by atomic mass is 10.3. The molecular weight excluding hydrogens is 222 g/mol. The van der Waals surface area contributed by atoms with Crippen LogP contribution in [0.5, 0.6) is 0 Å². The number of nitrogens with one attached hydrogen (secondary N) is 2. The monoisotopic (exact) mass is 235 g/mol. The molecule has 1 aromatic carbocycles. The van der Waals surface area contributed by atoms with Gasteiger partial charge in [-0.05, 0) is 35.7 Å². The van der Waals surface area contributed by atoms with Crippen molar-refractivity contribution in [3.8, 4) is 0 Å². The number of fused-ring (bicyclic) bond motifs is 2. The Morgan fingerprint density at radius 3 is 2.39 bits per heavy atom. The quantitative estimate of drug-likeness (QED) is 0.479. The van der Waals surface area contributed by atoms with Crippen LogP contribution in [-0.4, -0.2) is 15.0 Å². The predicted molar refractivity (Wildman–Crippen MR) is 74.4 cm³/mol. The summed E-state index contributed by atoms with van der Waals surface area (Å²) in [4.78, 5) is 10.3. The molecule has 18 heavy (non-hydrogen) atoms. The zero-order valence-corrected chi connectivity index (χ0v) is 9.80. The first kappa shape index (κ1) is 10.6. The Bertz CT molecular complexity index is 626. The van der Waals surface area contributed by atoms with Crippen LogP contribution in [0.4, 0.5) is 0 Å². The molecule has 0 amide bonds. The molecule has 0 atom stereocenters. The normalized spacial score (nSPS) is 10.2. The highest BCUT2D eigenvalue weighted by atomic mass is 14.7. The molecule has 4 aromatic rings. The van der Waals surface area contributed by atoms with E-state index in [0.717, 1.165) is 11.0 Å². The van der Waals surface area contributed by atoms with Gasteiger partial charge < -0.3 is 9.97 Å². The number of rotatable bonds is 0. The van der Waals surface area contributed by atoms with Gasteiger partial charge >= 0.3 is 0 Å². The van der Waals surface area contributed by atoms with E-state index in [1.165, 1.54) is 10.9 Å². The third kappa shape index (κ3) is 2.11. The van der Waals surface area contributed by atoms with Gasteiger partial charge in [0.15, 0.2) is 0 Å². The summed E-state index contributed by atoms with van der Waals surface area (Å²) in [7, 11) is 0. The van der Waals surface area contributed by atoms with E-state index < -0.39 is 0 Å². The first-order valence-electron chi connectivity index (χ1n) is 5.84. The molecule has 88 valence electrons. The summed E-state index contributed by atoms with van der Waals surface area (Å²) in [6.07, 6.45) is 5.62. The first-order chi connectivity index (χ1) is 8.93. The van der Waals surface area contributed by atoms with E-state index in [1.54, 1.807) is 6.20 Å². The maximum atomic E-state index is 4.11. The van der Waals surface area contributed by atoms with Crippen LogP contribution in [0.15, 0.2) is 67.1 Å². The summed E-state index contributed by atoms with van der Waals surface area (Å²) >= 11 is 0. The third-order valence-corrected chi connectivity index (χ3v) is 2.78. The Kier molecular flexibility index (Phi) is 2.80. The van der Waals surface area contributed by atoms with Crippen molar-refractivity contribution in [1.82, 2.24) is 15.0 Å². The van der Waals surface area contributed by atoms with Crippen LogP contribution >= 0.6 is 0 Å². The van der Waals surface area contributed by atoms with Crippen molar-refractivity contribution in [2.24, 2.45) is 0 Å². The van der Waals surface area contributed by atoms with Crippen LogP contribution in [0.3, 0.4) is 0 Å². The number of para-hydroxylation sites is 1. The lowest BCUT2D eigenvalue weighted by Gasteiger charge is -1.83. The molecule has 3 heteroatoms. The fourth-order valence-electron chi connectivity index (χ4n) is 1.88. The molecule has 0 radical (unpaired) electrons. The highest BCUT2D eigenvalue weighted by molar-refractivity contribution is 5.78. The van der Waals surface area contributed by atoms with Gasteiger partial charge in [0.25, 0.3) is 0 Å². The number of aromatic amines is 2. The number of benzene rings is 1. The fourth-order valence-corrected chi connectivity index (χ4v) is 1.88. The van der Waals surface area contributed by atoms with Crippen LogP contribution in [-0.2, 0) is 0 Å². The zero-order chi connectivity index (χ0) is 12.2. The number of hydrogen-bond acceptors (Lipinski definition) is 1. The minimum absolute atomic E-state index is 1.03. The van der Waals surface area contributed by atoms with Crippen molar-refractivity contribution in [2.75, 3.05) is 0 Å². The SMILES string of the molecule is c1ccc2[nH]ccc2c1.c1cnc2cc[nH]c2c1. The second kappa shape index (κ2) is 4.75. The van der Waals surface area contributed by atoms with E-state index in [0.29, 0.717) is 0 Å². The molecule has 0 saturated heterocycles. The van der Waals surface area contributed by atoms with Crippen molar-refractivity contribution >= 4 is 21.9 Å². The highest BCUT2D eigenvalue weighted by Gasteiger charge is 1.88. The average Bonchev–Trinajstić information content (AvgIpc) is 3.08. The predicted octanol–water partition coefficient (Wildman–Crippen LogP) is 3.73. The summed E-state index contributed by atoms with van der Waals surface area (Å²) < 4.78 is 0. The van der Waals surface area contributed by atoms with Gasteiger partial charge in [0, 0.05) is 24.1 Å². The molecule has 0 unspecified atom stereocenters. The van der Waals surface area contributed by atoms with Crippen molar-refractivity contribution in [3.05, 3.63) is 67.1 Å². The molecule has 3 aromatic heterocycles. The van der Waals surface area contributed by atoms with Crippen molar-refractivity contribution in [3.63, 3.8) is 0 Å². The van der Waals surface area contributed by atoms with Gasteiger partial charge in [0.1, 0.15) is 0 Å². The second-order valence-electron chi connectivity index (χ2n) is 3.98. The highest BCUT2D eigenvalue weighted by Crippen LogP contribution is 2.09. The minimum Gasteiger partial charge on any atom is -0.361 e. The lowest BCUT2D eigenvalue weighted by molar-refractivity contribution is 1.41. The van der Waals surface area contributed by atoms with Crippen molar-refractivity contribution in [1.29, 1.82) is 0 Å². The lowest BCUT2D eigenvalue weighted by Crippen LogP contribution is -1.68. The maximum Gasteiger partial charge on any atom is 0.0878 e. The summed E-state index contributed by atoms with van der Waals surface area (Å²) in [5.74, 6) is 0. The molecule has 2 N–H and O–H groups in total. The number of pyridine rings is 1. The second-order valence-corrected chi connectivity index (χ2v) is 3.98. The number of hydrogen-bond donors (Lipinski definition) is 2. The molecule has 0 aliphatic carbocycles. The molecule has 4 rings (SSSR count). The molecule has 0 bridgehead atoms. The van der Waals surface area contributed by atoms with Gasteiger partial charge in [0.05, 0.1) is 11.0 Å². The first-order valence-corrected chi connectivity index (χ1v) is 5.84. The molecule has 3 nitrogen and oxygen atoms in total. The molecule has 0 spiro atoms. The standard InChI is InChI=1S/C8H7N.C7H6N2/c1-2-4-8-7(3-1)5-6-9-8;1-2-6-7(8-4-1)3-5-9-6/h1-6,9H;1-5,9H. The van der Waals surface area contributed by atoms with E-state index in [1.807, 2.05) is 42.7 Å².